The van der Waals surface area contributed by atoms with Crippen molar-refractivity contribution in [3.8, 4) is 6.07 Å². The van der Waals surface area contributed by atoms with Crippen molar-refractivity contribution in [2.45, 2.75) is 25.0 Å². The number of hydrogen-bond donors (Lipinski definition) is 1. The molecule has 1 aliphatic rings. The molecule has 0 aromatic carbocycles. The van der Waals surface area contributed by atoms with E-state index in [1.54, 1.807) is 7.11 Å². The molecule has 2 unspecified atom stereocenters. The van der Waals surface area contributed by atoms with Crippen molar-refractivity contribution in [1.29, 1.82) is 5.26 Å². The van der Waals surface area contributed by atoms with Crippen molar-refractivity contribution < 1.29 is 9.47 Å². The summed E-state index contributed by atoms with van der Waals surface area (Å²) in [7, 11) is 1.66. The predicted octanol–water partition coefficient (Wildman–Crippen LogP) is 0.294. The Balaban J connectivity index is 2.07. The van der Waals surface area contributed by atoms with Crippen LogP contribution in [0.5, 0.6) is 0 Å². The van der Waals surface area contributed by atoms with Crippen LogP contribution in [0.25, 0.3) is 0 Å². The quantitative estimate of drug-likeness (QED) is 0.624. The molecule has 1 N–H and O–H groups in total. The number of rotatable bonds is 5. The van der Waals surface area contributed by atoms with Crippen LogP contribution in [0, 0.1) is 11.3 Å². The highest BCUT2D eigenvalue weighted by Gasteiger charge is 2.23. The van der Waals surface area contributed by atoms with Crippen LogP contribution < -0.4 is 5.32 Å². The van der Waals surface area contributed by atoms with Gasteiger partial charge >= 0.3 is 0 Å². The molecule has 1 fully saturated rings. The molecule has 0 aromatic heterocycles. The number of ether oxygens (including phenoxy) is 2. The van der Waals surface area contributed by atoms with Gasteiger partial charge in [0.2, 0.25) is 0 Å². The number of nitriles is 1. The van der Waals surface area contributed by atoms with E-state index in [4.69, 9.17) is 14.7 Å². The number of hydrogen-bond acceptors (Lipinski definition) is 4. The highest BCUT2D eigenvalue weighted by molar-refractivity contribution is 4.88. The lowest BCUT2D eigenvalue weighted by Gasteiger charge is -2.09. The van der Waals surface area contributed by atoms with Gasteiger partial charge in [0.15, 0.2) is 0 Å². The van der Waals surface area contributed by atoms with Gasteiger partial charge in [-0.15, -0.1) is 0 Å². The lowest BCUT2D eigenvalue weighted by atomic mass is 10.1. The van der Waals surface area contributed by atoms with E-state index in [0.717, 1.165) is 13.0 Å². The minimum Gasteiger partial charge on any atom is -0.382 e. The Morgan fingerprint density at radius 3 is 3.08 bits per heavy atom. The zero-order chi connectivity index (χ0) is 9.52. The molecule has 1 aliphatic heterocycles. The van der Waals surface area contributed by atoms with Crippen molar-refractivity contribution in [1.82, 2.24) is 5.32 Å². The third-order valence-corrected chi connectivity index (χ3v) is 2.16. The Bertz CT molecular complexity index is 179. The highest BCUT2D eigenvalue weighted by atomic mass is 16.5. The third-order valence-electron chi connectivity index (χ3n) is 2.16. The standard InChI is InChI=1S/C9H16N2O2/c1-12-4-5-13-9-6-8(2-3-10)11-7-9/h8-9,11H,2,4-7H2,1H3. The van der Waals surface area contributed by atoms with Gasteiger partial charge in [-0.25, -0.2) is 0 Å². The molecule has 0 radical (unpaired) electrons. The second kappa shape index (κ2) is 5.92. The fourth-order valence-corrected chi connectivity index (χ4v) is 1.47. The molecule has 0 bridgehead atoms. The molecule has 74 valence electrons. The Morgan fingerprint density at radius 1 is 1.54 bits per heavy atom. The molecular formula is C9H16N2O2. The van der Waals surface area contributed by atoms with Gasteiger partial charge in [-0.05, 0) is 6.42 Å². The second-order valence-corrected chi connectivity index (χ2v) is 3.19. The average Bonchev–Trinajstić information content (AvgIpc) is 2.54. The van der Waals surface area contributed by atoms with Gasteiger partial charge in [-0.3, -0.25) is 0 Å². The van der Waals surface area contributed by atoms with Crippen molar-refractivity contribution in [2.24, 2.45) is 0 Å². The first kappa shape index (κ1) is 10.5. The SMILES string of the molecule is COCCOC1CNC(CC#N)C1. The van der Waals surface area contributed by atoms with E-state index in [1.165, 1.54) is 0 Å². The Morgan fingerprint density at radius 2 is 2.38 bits per heavy atom. The Hall–Kier alpha value is -0.630. The summed E-state index contributed by atoms with van der Waals surface area (Å²) < 4.78 is 10.4. The fraction of sp³-hybridized carbons (Fsp3) is 0.889. The number of nitrogens with one attached hydrogen (secondary N) is 1. The normalized spacial score (nSPS) is 27.4. The molecule has 0 saturated carbocycles. The van der Waals surface area contributed by atoms with E-state index in [-0.39, 0.29) is 6.10 Å². The van der Waals surface area contributed by atoms with E-state index in [9.17, 15) is 0 Å². The van der Waals surface area contributed by atoms with Crippen molar-refractivity contribution in [3.05, 3.63) is 0 Å². The summed E-state index contributed by atoms with van der Waals surface area (Å²) in [6.45, 7) is 2.14. The maximum atomic E-state index is 8.48. The summed E-state index contributed by atoms with van der Waals surface area (Å²) in [6.07, 6.45) is 1.77. The first-order valence-corrected chi connectivity index (χ1v) is 4.57. The lowest BCUT2D eigenvalue weighted by molar-refractivity contribution is 0.0261. The van der Waals surface area contributed by atoms with Gasteiger partial charge in [0.05, 0.1) is 31.8 Å². The summed E-state index contributed by atoms with van der Waals surface area (Å²) in [4.78, 5) is 0. The average molecular weight is 184 g/mol. The van der Waals surface area contributed by atoms with E-state index in [1.807, 2.05) is 0 Å². The smallest absolute Gasteiger partial charge is 0.0715 e. The first-order chi connectivity index (χ1) is 6.36. The second-order valence-electron chi connectivity index (χ2n) is 3.19. The van der Waals surface area contributed by atoms with Crippen molar-refractivity contribution in [3.63, 3.8) is 0 Å². The maximum Gasteiger partial charge on any atom is 0.0715 e. The van der Waals surface area contributed by atoms with Crippen LogP contribution in [-0.2, 0) is 9.47 Å². The summed E-state index contributed by atoms with van der Waals surface area (Å²) in [5.74, 6) is 0. The molecular weight excluding hydrogens is 168 g/mol. The van der Waals surface area contributed by atoms with Gasteiger partial charge in [-0.2, -0.15) is 5.26 Å². The van der Waals surface area contributed by atoms with E-state index < -0.39 is 0 Å². The van der Waals surface area contributed by atoms with Crippen LogP contribution in [0.2, 0.25) is 0 Å². The molecule has 13 heavy (non-hydrogen) atoms. The number of methoxy groups -OCH3 is 1. The fourth-order valence-electron chi connectivity index (χ4n) is 1.47. The van der Waals surface area contributed by atoms with Crippen molar-refractivity contribution in [2.75, 3.05) is 26.9 Å². The van der Waals surface area contributed by atoms with Gasteiger partial charge in [0, 0.05) is 19.7 Å². The van der Waals surface area contributed by atoms with E-state index >= 15 is 0 Å². The van der Waals surface area contributed by atoms with Gasteiger partial charge in [0.25, 0.3) is 0 Å². The van der Waals surface area contributed by atoms with Crippen LogP contribution in [0.4, 0.5) is 0 Å². The van der Waals surface area contributed by atoms with Gasteiger partial charge in [0.1, 0.15) is 0 Å². The Labute approximate surface area is 78.8 Å². The van der Waals surface area contributed by atoms with E-state index in [2.05, 4.69) is 11.4 Å². The Kier molecular flexibility index (Phi) is 4.76. The molecule has 0 amide bonds. The van der Waals surface area contributed by atoms with Crippen LogP contribution >= 0.6 is 0 Å². The predicted molar refractivity (Wildman–Crippen MR) is 48.3 cm³/mol. The molecule has 2 atom stereocenters. The molecule has 0 aliphatic carbocycles. The van der Waals surface area contributed by atoms with Crippen molar-refractivity contribution >= 4 is 0 Å². The van der Waals surface area contributed by atoms with Crippen LogP contribution in [0.3, 0.4) is 0 Å². The lowest BCUT2D eigenvalue weighted by Crippen LogP contribution is -2.21. The summed E-state index contributed by atoms with van der Waals surface area (Å²) >= 11 is 0. The zero-order valence-corrected chi connectivity index (χ0v) is 7.95. The third kappa shape index (κ3) is 3.73. The van der Waals surface area contributed by atoms with Crippen LogP contribution in [0.15, 0.2) is 0 Å². The minimum absolute atomic E-state index is 0.258. The van der Waals surface area contributed by atoms with Gasteiger partial charge < -0.3 is 14.8 Å². The van der Waals surface area contributed by atoms with Gasteiger partial charge in [-0.1, -0.05) is 0 Å². The highest BCUT2D eigenvalue weighted by Crippen LogP contribution is 2.12. The van der Waals surface area contributed by atoms with E-state index in [0.29, 0.717) is 25.7 Å². The topological polar surface area (TPSA) is 54.3 Å². The summed E-state index contributed by atoms with van der Waals surface area (Å²) in [5, 5.41) is 11.7. The van der Waals surface area contributed by atoms with Crippen LogP contribution in [-0.4, -0.2) is 39.0 Å². The molecule has 4 heteroatoms. The summed E-state index contributed by atoms with van der Waals surface area (Å²) in [5.41, 5.74) is 0. The zero-order valence-electron chi connectivity index (χ0n) is 7.95. The molecule has 1 saturated heterocycles. The largest absolute Gasteiger partial charge is 0.382 e. The maximum absolute atomic E-state index is 8.48. The first-order valence-electron chi connectivity index (χ1n) is 4.57. The number of nitrogens with zero attached hydrogens (tertiary/aromatic N) is 1. The summed E-state index contributed by atoms with van der Waals surface area (Å²) in [6, 6.07) is 2.47. The monoisotopic (exact) mass is 184 g/mol. The molecule has 0 aromatic rings. The molecule has 4 nitrogen and oxygen atoms in total. The molecule has 1 rings (SSSR count). The minimum atomic E-state index is 0.258. The van der Waals surface area contributed by atoms with Crippen LogP contribution in [0.1, 0.15) is 12.8 Å². The molecule has 0 spiro atoms. The molecule has 1 heterocycles.